The number of carbonyl (C=O) groups excluding carboxylic acids is 2. The van der Waals surface area contributed by atoms with Crippen LogP contribution in [0.2, 0.25) is 0 Å². The van der Waals surface area contributed by atoms with Crippen LogP contribution in [0.3, 0.4) is 0 Å². The van der Waals surface area contributed by atoms with Crippen molar-refractivity contribution < 1.29 is 27.0 Å². The van der Waals surface area contributed by atoms with Crippen LogP contribution in [-0.4, -0.2) is 28.8 Å². The largest absolute Gasteiger partial charge is 0.343 e. The van der Waals surface area contributed by atoms with Crippen LogP contribution in [0.5, 0.6) is 0 Å². The van der Waals surface area contributed by atoms with Crippen LogP contribution >= 0.6 is 0 Å². The quantitative estimate of drug-likeness (QED) is 0.751. The number of nitrogens with one attached hydrogen (secondary N) is 2. The summed E-state index contributed by atoms with van der Waals surface area (Å²) < 4.78 is 50.7. The molecule has 138 valence electrons. The maximum absolute atomic E-state index is 13.5. The van der Waals surface area contributed by atoms with E-state index >= 15 is 0 Å². The molecule has 2 N–H and O–H groups in total. The van der Waals surface area contributed by atoms with E-state index in [1.54, 1.807) is 18.2 Å². The molecule has 0 heterocycles. The fourth-order valence-corrected chi connectivity index (χ4v) is 2.77. The molecule has 2 amide bonds. The highest BCUT2D eigenvalue weighted by atomic mass is 32.2. The van der Waals surface area contributed by atoms with Crippen LogP contribution in [0.25, 0.3) is 0 Å². The Kier molecular flexibility index (Phi) is 6.51. The van der Waals surface area contributed by atoms with E-state index in [0.717, 1.165) is 6.07 Å². The summed E-state index contributed by atoms with van der Waals surface area (Å²) in [7, 11) is -1.07. The molecule has 9 heteroatoms. The van der Waals surface area contributed by atoms with Crippen molar-refractivity contribution in [2.24, 2.45) is 0 Å². The van der Waals surface area contributed by atoms with Crippen molar-refractivity contribution in [3.05, 3.63) is 65.0 Å². The van der Waals surface area contributed by atoms with Gasteiger partial charge in [0.1, 0.15) is 0 Å². The number of rotatable bonds is 6. The SMILES string of the molecule is CS(=O)Cc1cccc(C(=O)NCC(=O)Nc2ccc(F)c(F)c2F)c1. The van der Waals surface area contributed by atoms with E-state index in [2.05, 4.69) is 5.32 Å². The third-order valence-electron chi connectivity index (χ3n) is 3.28. The van der Waals surface area contributed by atoms with Crippen LogP contribution in [0.15, 0.2) is 36.4 Å². The first kappa shape index (κ1) is 19.6. The summed E-state index contributed by atoms with van der Waals surface area (Å²) in [6, 6.07) is 7.95. The first-order valence-electron chi connectivity index (χ1n) is 7.38. The van der Waals surface area contributed by atoms with Crippen molar-refractivity contribution in [1.82, 2.24) is 5.32 Å². The van der Waals surface area contributed by atoms with Crippen molar-refractivity contribution in [1.29, 1.82) is 0 Å². The maximum atomic E-state index is 13.5. The van der Waals surface area contributed by atoms with Gasteiger partial charge >= 0.3 is 0 Å². The third kappa shape index (κ3) is 5.16. The normalized spacial score (nSPS) is 11.7. The number of carbonyl (C=O) groups is 2. The molecule has 0 radical (unpaired) electrons. The van der Waals surface area contributed by atoms with Crippen LogP contribution in [0, 0.1) is 17.5 Å². The number of hydrogen-bond acceptors (Lipinski definition) is 3. The van der Waals surface area contributed by atoms with E-state index < -0.39 is 52.3 Å². The predicted octanol–water partition coefficient (Wildman–Crippen LogP) is 2.35. The number of anilines is 1. The highest BCUT2D eigenvalue weighted by Gasteiger charge is 2.16. The lowest BCUT2D eigenvalue weighted by Crippen LogP contribution is -2.33. The highest BCUT2D eigenvalue weighted by molar-refractivity contribution is 7.83. The van der Waals surface area contributed by atoms with Crippen LogP contribution in [-0.2, 0) is 21.3 Å². The Hall–Kier alpha value is -2.68. The standard InChI is InChI=1S/C17H15F3N2O3S/c1-26(25)9-10-3-2-4-11(7-10)17(24)21-8-14(23)22-13-6-5-12(18)15(19)16(13)20/h2-7H,8-9H2,1H3,(H,21,24)(H,22,23). The summed E-state index contributed by atoms with van der Waals surface area (Å²) in [6.45, 7) is -0.499. The average molecular weight is 384 g/mol. The number of benzene rings is 2. The number of halogens is 3. The second-order valence-electron chi connectivity index (χ2n) is 5.37. The molecule has 2 rings (SSSR count). The van der Waals surface area contributed by atoms with E-state index in [9.17, 15) is 27.0 Å². The van der Waals surface area contributed by atoms with Crippen molar-refractivity contribution in [2.75, 3.05) is 18.1 Å². The molecule has 0 aliphatic rings. The van der Waals surface area contributed by atoms with Gasteiger partial charge in [0.05, 0.1) is 12.2 Å². The summed E-state index contributed by atoms with van der Waals surface area (Å²) in [5.74, 6) is -5.68. The molecule has 26 heavy (non-hydrogen) atoms. The van der Waals surface area contributed by atoms with Gasteiger partial charge in [-0.25, -0.2) is 13.2 Å². The van der Waals surface area contributed by atoms with Gasteiger partial charge in [-0.15, -0.1) is 0 Å². The minimum atomic E-state index is -1.70. The van der Waals surface area contributed by atoms with Gasteiger partial charge in [0.25, 0.3) is 5.91 Å². The summed E-state index contributed by atoms with van der Waals surface area (Å²) in [5.41, 5.74) is 0.433. The molecule has 0 aliphatic heterocycles. The smallest absolute Gasteiger partial charge is 0.251 e. The lowest BCUT2D eigenvalue weighted by Gasteiger charge is -2.09. The fraction of sp³-hybridized carbons (Fsp3) is 0.176. The fourth-order valence-electron chi connectivity index (χ4n) is 2.12. The molecule has 0 saturated carbocycles. The van der Waals surface area contributed by atoms with Gasteiger partial charge in [0.2, 0.25) is 5.91 Å². The van der Waals surface area contributed by atoms with Gasteiger partial charge in [-0.3, -0.25) is 13.8 Å². The Morgan fingerprint density at radius 2 is 1.81 bits per heavy atom. The van der Waals surface area contributed by atoms with Gasteiger partial charge in [-0.1, -0.05) is 12.1 Å². The molecule has 2 aromatic rings. The molecule has 1 unspecified atom stereocenters. The second-order valence-corrected chi connectivity index (χ2v) is 6.81. The molecule has 1 atom stereocenters. The lowest BCUT2D eigenvalue weighted by molar-refractivity contribution is -0.115. The van der Waals surface area contributed by atoms with Crippen LogP contribution in [0.4, 0.5) is 18.9 Å². The molecule has 0 bridgehead atoms. The van der Waals surface area contributed by atoms with E-state index in [4.69, 9.17) is 0 Å². The number of hydrogen-bond donors (Lipinski definition) is 2. The highest BCUT2D eigenvalue weighted by Crippen LogP contribution is 2.19. The monoisotopic (exact) mass is 384 g/mol. The first-order chi connectivity index (χ1) is 12.3. The Morgan fingerprint density at radius 1 is 1.08 bits per heavy atom. The van der Waals surface area contributed by atoms with Crippen LogP contribution < -0.4 is 10.6 Å². The lowest BCUT2D eigenvalue weighted by atomic mass is 10.1. The van der Waals surface area contributed by atoms with Gasteiger partial charge in [-0.05, 0) is 29.8 Å². The average Bonchev–Trinajstić information content (AvgIpc) is 2.60. The summed E-state index contributed by atoms with van der Waals surface area (Å²) in [6.07, 6.45) is 1.54. The van der Waals surface area contributed by atoms with Crippen molar-refractivity contribution >= 4 is 28.3 Å². The van der Waals surface area contributed by atoms with E-state index in [1.165, 1.54) is 12.3 Å². The zero-order valence-corrected chi connectivity index (χ0v) is 14.5. The molecular weight excluding hydrogens is 369 g/mol. The Labute approximate surface area is 150 Å². The van der Waals surface area contributed by atoms with Crippen molar-refractivity contribution in [3.8, 4) is 0 Å². The maximum Gasteiger partial charge on any atom is 0.251 e. The Morgan fingerprint density at radius 3 is 2.50 bits per heavy atom. The Balaban J connectivity index is 1.96. The van der Waals surface area contributed by atoms with Crippen molar-refractivity contribution in [3.63, 3.8) is 0 Å². The van der Waals surface area contributed by atoms with E-state index in [0.29, 0.717) is 11.6 Å². The Bertz CT molecular complexity index is 874. The topological polar surface area (TPSA) is 75.3 Å². The van der Waals surface area contributed by atoms with E-state index in [1.807, 2.05) is 5.32 Å². The van der Waals surface area contributed by atoms with E-state index in [-0.39, 0.29) is 11.3 Å². The summed E-state index contributed by atoms with van der Waals surface area (Å²) in [5, 5.41) is 4.37. The summed E-state index contributed by atoms with van der Waals surface area (Å²) in [4.78, 5) is 23.8. The van der Waals surface area contributed by atoms with Gasteiger partial charge < -0.3 is 10.6 Å². The molecule has 0 saturated heterocycles. The van der Waals surface area contributed by atoms with Gasteiger partial charge in [0, 0.05) is 28.4 Å². The minimum Gasteiger partial charge on any atom is -0.343 e. The van der Waals surface area contributed by atoms with Crippen molar-refractivity contribution in [2.45, 2.75) is 5.75 Å². The minimum absolute atomic E-state index is 0.264. The molecule has 5 nitrogen and oxygen atoms in total. The van der Waals surface area contributed by atoms with Gasteiger partial charge in [0.15, 0.2) is 17.5 Å². The van der Waals surface area contributed by atoms with Crippen LogP contribution in [0.1, 0.15) is 15.9 Å². The first-order valence-corrected chi connectivity index (χ1v) is 9.11. The van der Waals surface area contributed by atoms with Gasteiger partial charge in [-0.2, -0.15) is 0 Å². The zero-order valence-electron chi connectivity index (χ0n) is 13.6. The molecule has 0 aromatic heterocycles. The molecule has 2 aromatic carbocycles. The zero-order chi connectivity index (χ0) is 19.3. The predicted molar refractivity (Wildman–Crippen MR) is 91.5 cm³/mol. The molecule has 0 aliphatic carbocycles. The molecular formula is C17H15F3N2O3S. The molecule has 0 fully saturated rings. The third-order valence-corrected chi connectivity index (χ3v) is 4.02. The second kappa shape index (κ2) is 8.61. The molecule has 0 spiro atoms. The summed E-state index contributed by atoms with van der Waals surface area (Å²) >= 11 is 0. The number of amides is 2.